The zero-order chi connectivity index (χ0) is 13.6. The Labute approximate surface area is 118 Å². The molecule has 1 aromatic carbocycles. The second-order valence-corrected chi connectivity index (χ2v) is 5.62. The number of amides is 3. The zero-order valence-electron chi connectivity index (χ0n) is 9.98. The first kappa shape index (κ1) is 12.3. The monoisotopic (exact) mass is 322 g/mol. The van der Waals surface area contributed by atoms with Crippen molar-refractivity contribution in [1.82, 2.24) is 10.2 Å². The van der Waals surface area contributed by atoms with E-state index in [1.54, 1.807) is 11.0 Å². The number of carbonyl (C=O) groups is 3. The highest BCUT2D eigenvalue weighted by atomic mass is 79.9. The summed E-state index contributed by atoms with van der Waals surface area (Å²) < 4.78 is 0.907. The molecule has 0 radical (unpaired) electrons. The molecule has 98 valence electrons. The summed E-state index contributed by atoms with van der Waals surface area (Å²) in [6.45, 7) is 0.417. The van der Waals surface area contributed by atoms with E-state index in [0.29, 0.717) is 18.5 Å². The average molecular weight is 323 g/mol. The van der Waals surface area contributed by atoms with Gasteiger partial charge in [-0.15, -0.1) is 0 Å². The van der Waals surface area contributed by atoms with Crippen LogP contribution >= 0.6 is 15.9 Å². The number of hydrogen-bond donors (Lipinski definition) is 1. The number of nitrogens with one attached hydrogen (secondary N) is 1. The van der Waals surface area contributed by atoms with Gasteiger partial charge in [0.2, 0.25) is 11.8 Å². The van der Waals surface area contributed by atoms with Crippen LogP contribution in [0.15, 0.2) is 22.7 Å². The quantitative estimate of drug-likeness (QED) is 0.790. The standard InChI is InChI=1S/C13H11BrN2O3/c14-8-1-2-9-7(5-8)6-16(13(9)19)10-3-4-11(17)15-12(10)18/h1-2,5,10H,3-4,6H2,(H,15,17,18)/t10-/m1/s1. The first-order chi connectivity index (χ1) is 9.06. The van der Waals surface area contributed by atoms with Crippen LogP contribution in [0.25, 0.3) is 0 Å². The maximum absolute atomic E-state index is 12.3. The zero-order valence-corrected chi connectivity index (χ0v) is 11.6. The summed E-state index contributed by atoms with van der Waals surface area (Å²) in [5.41, 5.74) is 1.54. The van der Waals surface area contributed by atoms with Crippen molar-refractivity contribution in [1.29, 1.82) is 0 Å². The van der Waals surface area contributed by atoms with Gasteiger partial charge in [-0.3, -0.25) is 19.7 Å². The first-order valence-electron chi connectivity index (χ1n) is 5.99. The molecule has 19 heavy (non-hydrogen) atoms. The third kappa shape index (κ3) is 2.06. The van der Waals surface area contributed by atoms with Gasteiger partial charge < -0.3 is 4.90 Å². The topological polar surface area (TPSA) is 66.5 Å². The van der Waals surface area contributed by atoms with Gasteiger partial charge in [0.1, 0.15) is 6.04 Å². The van der Waals surface area contributed by atoms with Crippen molar-refractivity contribution < 1.29 is 14.4 Å². The lowest BCUT2D eigenvalue weighted by atomic mass is 10.0. The summed E-state index contributed by atoms with van der Waals surface area (Å²) in [4.78, 5) is 36.8. The Kier molecular flexibility index (Phi) is 2.89. The van der Waals surface area contributed by atoms with E-state index in [9.17, 15) is 14.4 Å². The summed E-state index contributed by atoms with van der Waals surface area (Å²) in [5.74, 6) is -0.790. The smallest absolute Gasteiger partial charge is 0.255 e. The minimum Gasteiger partial charge on any atom is -0.322 e. The number of imide groups is 1. The number of carbonyl (C=O) groups excluding carboxylic acids is 3. The van der Waals surface area contributed by atoms with Gasteiger partial charge in [0.15, 0.2) is 0 Å². The Hall–Kier alpha value is -1.69. The molecule has 3 amide bonds. The number of rotatable bonds is 1. The molecule has 0 unspecified atom stereocenters. The summed E-state index contributed by atoms with van der Waals surface area (Å²) >= 11 is 3.37. The first-order valence-corrected chi connectivity index (χ1v) is 6.78. The molecule has 0 aliphatic carbocycles. The molecule has 0 saturated carbocycles. The van der Waals surface area contributed by atoms with Crippen LogP contribution in [-0.2, 0) is 16.1 Å². The normalized spacial score (nSPS) is 22.5. The van der Waals surface area contributed by atoms with Crippen LogP contribution in [0.2, 0.25) is 0 Å². The lowest BCUT2D eigenvalue weighted by molar-refractivity contribution is -0.136. The second-order valence-electron chi connectivity index (χ2n) is 4.70. The van der Waals surface area contributed by atoms with Crippen LogP contribution in [0.5, 0.6) is 0 Å². The summed E-state index contributed by atoms with van der Waals surface area (Å²) in [5, 5.41) is 2.28. The molecule has 1 atom stereocenters. The maximum Gasteiger partial charge on any atom is 0.255 e. The van der Waals surface area contributed by atoms with Gasteiger partial charge in [0, 0.05) is 23.0 Å². The van der Waals surface area contributed by atoms with Gasteiger partial charge in [-0.1, -0.05) is 15.9 Å². The highest BCUT2D eigenvalue weighted by Gasteiger charge is 2.38. The van der Waals surface area contributed by atoms with E-state index in [2.05, 4.69) is 21.2 Å². The van der Waals surface area contributed by atoms with Crippen LogP contribution in [0.4, 0.5) is 0 Å². The Bertz CT molecular complexity index is 600. The van der Waals surface area contributed by atoms with Crippen molar-refractivity contribution in [3.8, 4) is 0 Å². The van der Waals surface area contributed by atoms with Crippen LogP contribution in [0.3, 0.4) is 0 Å². The summed E-state index contributed by atoms with van der Waals surface area (Å²) in [6, 6.07) is 4.91. The van der Waals surface area contributed by atoms with Crippen molar-refractivity contribution >= 4 is 33.7 Å². The van der Waals surface area contributed by atoms with E-state index >= 15 is 0 Å². The van der Waals surface area contributed by atoms with Gasteiger partial charge in [-0.25, -0.2) is 0 Å². The average Bonchev–Trinajstić information content (AvgIpc) is 2.66. The number of fused-ring (bicyclic) bond motifs is 1. The highest BCUT2D eigenvalue weighted by Crippen LogP contribution is 2.29. The molecule has 2 aliphatic heterocycles. The van der Waals surface area contributed by atoms with Gasteiger partial charge in [-0.05, 0) is 30.2 Å². The Morgan fingerprint density at radius 3 is 2.79 bits per heavy atom. The molecule has 0 bridgehead atoms. The molecular weight excluding hydrogens is 312 g/mol. The van der Waals surface area contributed by atoms with Crippen molar-refractivity contribution in [2.24, 2.45) is 0 Å². The molecule has 3 rings (SSSR count). The SMILES string of the molecule is O=C1CC[C@@H](N2Cc3cc(Br)ccc3C2=O)C(=O)N1. The fourth-order valence-corrected chi connectivity index (χ4v) is 2.95. The van der Waals surface area contributed by atoms with Crippen LogP contribution in [0.1, 0.15) is 28.8 Å². The van der Waals surface area contributed by atoms with Gasteiger partial charge in [0.05, 0.1) is 0 Å². The molecule has 1 N–H and O–H groups in total. The molecule has 2 aliphatic rings. The lowest BCUT2D eigenvalue weighted by Gasteiger charge is -2.29. The molecule has 1 aromatic rings. The van der Waals surface area contributed by atoms with Crippen molar-refractivity contribution in [2.75, 3.05) is 0 Å². The summed E-state index contributed by atoms with van der Waals surface area (Å²) in [7, 11) is 0. The van der Waals surface area contributed by atoms with E-state index in [4.69, 9.17) is 0 Å². The van der Waals surface area contributed by atoms with E-state index in [1.165, 1.54) is 0 Å². The number of halogens is 1. The molecule has 6 heteroatoms. The number of piperidine rings is 1. The fourth-order valence-electron chi connectivity index (χ4n) is 2.54. The van der Waals surface area contributed by atoms with Gasteiger partial charge >= 0.3 is 0 Å². The van der Waals surface area contributed by atoms with Crippen LogP contribution < -0.4 is 5.32 Å². The minimum atomic E-state index is -0.545. The van der Waals surface area contributed by atoms with E-state index in [-0.39, 0.29) is 24.1 Å². The third-order valence-electron chi connectivity index (χ3n) is 3.49. The van der Waals surface area contributed by atoms with Gasteiger partial charge in [0.25, 0.3) is 5.91 Å². The second kappa shape index (κ2) is 4.45. The van der Waals surface area contributed by atoms with E-state index < -0.39 is 6.04 Å². The van der Waals surface area contributed by atoms with Crippen molar-refractivity contribution in [3.05, 3.63) is 33.8 Å². The molecule has 2 heterocycles. The highest BCUT2D eigenvalue weighted by molar-refractivity contribution is 9.10. The molecular formula is C13H11BrN2O3. The Balaban J connectivity index is 1.87. The Morgan fingerprint density at radius 2 is 2.05 bits per heavy atom. The number of benzene rings is 1. The molecule has 5 nitrogen and oxygen atoms in total. The number of nitrogens with zero attached hydrogens (tertiary/aromatic N) is 1. The third-order valence-corrected chi connectivity index (χ3v) is 3.98. The predicted octanol–water partition coefficient (Wildman–Crippen LogP) is 1.21. The molecule has 0 spiro atoms. The number of hydrogen-bond acceptors (Lipinski definition) is 3. The molecule has 0 aromatic heterocycles. The maximum atomic E-state index is 12.3. The van der Waals surface area contributed by atoms with Gasteiger partial charge in [-0.2, -0.15) is 0 Å². The summed E-state index contributed by atoms with van der Waals surface area (Å²) in [6.07, 6.45) is 0.672. The molecule has 1 saturated heterocycles. The minimum absolute atomic E-state index is 0.142. The van der Waals surface area contributed by atoms with Crippen molar-refractivity contribution in [3.63, 3.8) is 0 Å². The fraction of sp³-hybridized carbons (Fsp3) is 0.308. The lowest BCUT2D eigenvalue weighted by Crippen LogP contribution is -2.52. The van der Waals surface area contributed by atoms with E-state index in [0.717, 1.165) is 10.0 Å². The molecule has 1 fully saturated rings. The van der Waals surface area contributed by atoms with Crippen LogP contribution in [0, 0.1) is 0 Å². The largest absolute Gasteiger partial charge is 0.322 e. The van der Waals surface area contributed by atoms with Crippen LogP contribution in [-0.4, -0.2) is 28.7 Å². The predicted molar refractivity (Wildman–Crippen MR) is 70.2 cm³/mol. The Morgan fingerprint density at radius 1 is 1.26 bits per heavy atom. The van der Waals surface area contributed by atoms with E-state index in [1.807, 2.05) is 12.1 Å². The van der Waals surface area contributed by atoms with Crippen molar-refractivity contribution in [2.45, 2.75) is 25.4 Å².